The predicted molar refractivity (Wildman–Crippen MR) is 105 cm³/mol. The lowest BCUT2D eigenvalue weighted by molar-refractivity contribution is -0.132. The molecule has 1 aliphatic rings. The number of furan rings is 1. The molecular weight excluding hydrogens is 372 g/mol. The number of ether oxygens (including phenoxy) is 2. The van der Waals surface area contributed by atoms with Crippen molar-refractivity contribution in [3.8, 4) is 17.6 Å². The Balaban J connectivity index is 1.46. The molecule has 154 valence electrons. The van der Waals surface area contributed by atoms with E-state index in [0.29, 0.717) is 48.7 Å². The average molecular weight is 398 g/mol. The quantitative estimate of drug-likeness (QED) is 0.650. The molecular formula is C22H26N2O5. The maximum Gasteiger partial charge on any atom is 0.222 e. The van der Waals surface area contributed by atoms with Gasteiger partial charge in [-0.2, -0.15) is 5.26 Å². The number of aliphatic hydroxyl groups is 1. The lowest BCUT2D eigenvalue weighted by Crippen LogP contribution is -2.36. The number of benzene rings is 1. The standard InChI is InChI=1S/C22H26N2O5/c1-27-21-13-16(15-23)8-9-20(21)29-12-4-7-22(26)24-10-2-5-17(24)14-18(25)19-6-3-11-28-19/h3,6,8-9,11,13,17-18,25H,2,4-5,7,10,12,14H2,1H3/t17-,18+/m0/s1. The number of hydrogen-bond donors (Lipinski definition) is 1. The molecule has 1 saturated heterocycles. The Bertz CT molecular complexity index is 843. The average Bonchev–Trinajstić information content (AvgIpc) is 3.43. The Morgan fingerprint density at radius 2 is 2.28 bits per heavy atom. The highest BCUT2D eigenvalue weighted by molar-refractivity contribution is 5.76. The van der Waals surface area contributed by atoms with Crippen LogP contribution in [0.2, 0.25) is 0 Å². The zero-order valence-corrected chi connectivity index (χ0v) is 16.5. The Hall–Kier alpha value is -2.98. The van der Waals surface area contributed by atoms with E-state index in [1.54, 1.807) is 36.6 Å². The third-order valence-electron chi connectivity index (χ3n) is 5.15. The molecule has 0 bridgehead atoms. The number of nitrogens with zero attached hydrogens (tertiary/aromatic N) is 2. The summed E-state index contributed by atoms with van der Waals surface area (Å²) in [6.07, 6.45) is 4.12. The summed E-state index contributed by atoms with van der Waals surface area (Å²) in [4.78, 5) is 14.5. The topological polar surface area (TPSA) is 95.9 Å². The summed E-state index contributed by atoms with van der Waals surface area (Å²) in [6, 6.07) is 10.6. The highest BCUT2D eigenvalue weighted by Crippen LogP contribution is 2.29. The third kappa shape index (κ3) is 5.30. The first-order valence-electron chi connectivity index (χ1n) is 9.84. The molecule has 1 fully saturated rings. The van der Waals surface area contributed by atoms with Gasteiger partial charge in [-0.05, 0) is 43.5 Å². The van der Waals surface area contributed by atoms with Gasteiger partial charge in [-0.25, -0.2) is 0 Å². The van der Waals surface area contributed by atoms with E-state index in [1.165, 1.54) is 7.11 Å². The number of carbonyl (C=O) groups excluding carboxylic acids is 1. The van der Waals surface area contributed by atoms with Crippen molar-refractivity contribution in [2.45, 2.75) is 44.2 Å². The van der Waals surface area contributed by atoms with Crippen molar-refractivity contribution in [3.63, 3.8) is 0 Å². The summed E-state index contributed by atoms with van der Waals surface area (Å²) in [6.45, 7) is 1.10. The second-order valence-electron chi connectivity index (χ2n) is 7.08. The molecule has 0 aliphatic carbocycles. The lowest BCUT2D eigenvalue weighted by Gasteiger charge is -2.26. The highest BCUT2D eigenvalue weighted by atomic mass is 16.5. The van der Waals surface area contributed by atoms with Gasteiger partial charge in [0.05, 0.1) is 31.6 Å². The van der Waals surface area contributed by atoms with Crippen LogP contribution in [0.5, 0.6) is 11.5 Å². The smallest absolute Gasteiger partial charge is 0.222 e. The van der Waals surface area contributed by atoms with Gasteiger partial charge in [-0.15, -0.1) is 0 Å². The van der Waals surface area contributed by atoms with E-state index in [2.05, 4.69) is 6.07 Å². The van der Waals surface area contributed by atoms with Crippen LogP contribution in [0, 0.1) is 11.3 Å². The fourth-order valence-electron chi connectivity index (χ4n) is 3.67. The number of likely N-dealkylation sites (tertiary alicyclic amines) is 1. The minimum Gasteiger partial charge on any atom is -0.493 e. The first-order valence-corrected chi connectivity index (χ1v) is 9.84. The molecule has 0 spiro atoms. The second-order valence-corrected chi connectivity index (χ2v) is 7.08. The van der Waals surface area contributed by atoms with Crippen LogP contribution < -0.4 is 9.47 Å². The second kappa shape index (κ2) is 9.99. The Kier molecular flexibility index (Phi) is 7.14. The van der Waals surface area contributed by atoms with Gasteiger partial charge in [-0.1, -0.05) is 0 Å². The predicted octanol–water partition coefficient (Wildman–Crippen LogP) is 3.43. The summed E-state index contributed by atoms with van der Waals surface area (Å²) in [5.41, 5.74) is 0.501. The zero-order valence-electron chi connectivity index (χ0n) is 16.5. The van der Waals surface area contributed by atoms with Crippen LogP contribution in [-0.4, -0.2) is 42.2 Å². The number of nitriles is 1. The Morgan fingerprint density at radius 3 is 3.00 bits per heavy atom. The monoisotopic (exact) mass is 398 g/mol. The maximum absolute atomic E-state index is 12.6. The molecule has 1 aromatic carbocycles. The molecule has 7 nitrogen and oxygen atoms in total. The van der Waals surface area contributed by atoms with E-state index < -0.39 is 6.10 Å². The number of hydrogen-bond acceptors (Lipinski definition) is 6. The molecule has 1 N–H and O–H groups in total. The summed E-state index contributed by atoms with van der Waals surface area (Å²) in [5.74, 6) is 1.67. The minimum absolute atomic E-state index is 0.0298. The molecule has 0 unspecified atom stereocenters. The van der Waals surface area contributed by atoms with Crippen LogP contribution in [0.25, 0.3) is 0 Å². The Labute approximate surface area is 170 Å². The van der Waals surface area contributed by atoms with E-state index in [-0.39, 0.29) is 11.9 Å². The fourth-order valence-corrected chi connectivity index (χ4v) is 3.67. The van der Waals surface area contributed by atoms with Crippen LogP contribution in [0.1, 0.15) is 49.5 Å². The summed E-state index contributed by atoms with van der Waals surface area (Å²) >= 11 is 0. The van der Waals surface area contributed by atoms with Gasteiger partial charge in [0, 0.05) is 31.5 Å². The number of methoxy groups -OCH3 is 1. The molecule has 0 radical (unpaired) electrons. The first-order chi connectivity index (χ1) is 14.1. The number of aliphatic hydroxyl groups excluding tert-OH is 1. The summed E-state index contributed by atoms with van der Waals surface area (Å²) in [5, 5.41) is 19.3. The van der Waals surface area contributed by atoms with Crippen molar-refractivity contribution in [2.24, 2.45) is 0 Å². The van der Waals surface area contributed by atoms with Crippen molar-refractivity contribution < 1.29 is 23.8 Å². The molecule has 1 aliphatic heterocycles. The van der Waals surface area contributed by atoms with Gasteiger partial charge in [-0.3, -0.25) is 4.79 Å². The number of carbonyl (C=O) groups is 1. The van der Waals surface area contributed by atoms with Gasteiger partial charge >= 0.3 is 0 Å². The van der Waals surface area contributed by atoms with E-state index in [1.807, 2.05) is 4.90 Å². The molecule has 2 atom stereocenters. The van der Waals surface area contributed by atoms with Gasteiger partial charge in [0.1, 0.15) is 11.9 Å². The first kappa shape index (κ1) is 20.7. The van der Waals surface area contributed by atoms with Crippen LogP contribution in [0.3, 0.4) is 0 Å². The molecule has 0 saturated carbocycles. The molecule has 1 amide bonds. The molecule has 29 heavy (non-hydrogen) atoms. The highest BCUT2D eigenvalue weighted by Gasteiger charge is 2.30. The summed E-state index contributed by atoms with van der Waals surface area (Å²) < 4.78 is 16.2. The van der Waals surface area contributed by atoms with Crippen LogP contribution >= 0.6 is 0 Å². The van der Waals surface area contributed by atoms with Crippen molar-refractivity contribution in [1.29, 1.82) is 5.26 Å². The van der Waals surface area contributed by atoms with E-state index in [0.717, 1.165) is 19.4 Å². The Morgan fingerprint density at radius 1 is 1.41 bits per heavy atom. The third-order valence-corrected chi connectivity index (χ3v) is 5.15. The zero-order chi connectivity index (χ0) is 20.6. The van der Waals surface area contributed by atoms with Crippen molar-refractivity contribution in [3.05, 3.63) is 47.9 Å². The van der Waals surface area contributed by atoms with Gasteiger partial charge in [0.25, 0.3) is 0 Å². The SMILES string of the molecule is COc1cc(C#N)ccc1OCCCC(=O)N1CCC[C@H]1C[C@@H](O)c1ccco1. The van der Waals surface area contributed by atoms with Crippen molar-refractivity contribution >= 4 is 5.91 Å². The largest absolute Gasteiger partial charge is 0.493 e. The maximum atomic E-state index is 12.6. The normalized spacial score (nSPS) is 17.0. The van der Waals surface area contributed by atoms with Crippen molar-refractivity contribution in [2.75, 3.05) is 20.3 Å². The minimum atomic E-state index is -0.699. The molecule has 2 heterocycles. The van der Waals surface area contributed by atoms with Crippen LogP contribution in [0.4, 0.5) is 0 Å². The van der Waals surface area contributed by atoms with E-state index in [9.17, 15) is 9.90 Å². The van der Waals surface area contributed by atoms with Crippen LogP contribution in [0.15, 0.2) is 41.0 Å². The number of amides is 1. The molecule has 2 aromatic rings. The lowest BCUT2D eigenvalue weighted by atomic mass is 10.0. The molecule has 1 aromatic heterocycles. The van der Waals surface area contributed by atoms with Gasteiger partial charge in [0.2, 0.25) is 5.91 Å². The van der Waals surface area contributed by atoms with Gasteiger partial charge < -0.3 is 23.9 Å². The fraction of sp³-hybridized carbons (Fsp3) is 0.455. The molecule has 3 rings (SSSR count). The molecule has 7 heteroatoms. The number of rotatable bonds is 9. The van der Waals surface area contributed by atoms with Gasteiger partial charge in [0.15, 0.2) is 11.5 Å². The van der Waals surface area contributed by atoms with E-state index in [4.69, 9.17) is 19.2 Å². The van der Waals surface area contributed by atoms with Crippen LogP contribution in [-0.2, 0) is 4.79 Å². The van der Waals surface area contributed by atoms with E-state index >= 15 is 0 Å². The summed E-state index contributed by atoms with van der Waals surface area (Å²) in [7, 11) is 1.53. The van der Waals surface area contributed by atoms with Crippen molar-refractivity contribution in [1.82, 2.24) is 4.90 Å².